The number of nitro groups is 1. The third kappa shape index (κ3) is 3.48. The molecule has 1 aromatic carbocycles. The molecule has 1 N–H and O–H groups in total. The molecule has 1 unspecified atom stereocenters. The van der Waals surface area contributed by atoms with Gasteiger partial charge in [0.1, 0.15) is 0 Å². The molecule has 0 bridgehead atoms. The van der Waals surface area contributed by atoms with E-state index in [4.69, 9.17) is 5.26 Å². The predicted octanol–water partition coefficient (Wildman–Crippen LogP) is 1.56. The fourth-order valence-corrected chi connectivity index (χ4v) is 3.18. The number of nitrogens with one attached hydrogen (secondary N) is 1. The van der Waals surface area contributed by atoms with E-state index in [-0.39, 0.29) is 6.42 Å². The first-order valence-electron chi connectivity index (χ1n) is 6.06. The maximum atomic E-state index is 12.5. The Labute approximate surface area is 123 Å². The number of rotatable bonds is 6. The van der Waals surface area contributed by atoms with Crippen LogP contribution in [0.25, 0.3) is 0 Å². The maximum absolute atomic E-state index is 12.5. The van der Waals surface area contributed by atoms with Crippen molar-refractivity contribution in [1.82, 2.24) is 4.31 Å². The largest absolute Gasteiger partial charge is 0.388 e. The number of nitriles is 1. The fraction of sp³-hybridized carbons (Fsp3) is 0.417. The minimum Gasteiger partial charge on any atom is -0.388 e. The molecule has 0 fully saturated rings. The number of hydrogen-bond donors (Lipinski definition) is 1. The molecular formula is C12H16N4O4S. The lowest BCUT2D eigenvalue weighted by atomic mass is 10.3. The first-order chi connectivity index (χ1) is 9.75. The quantitative estimate of drug-likeness (QED) is 0.629. The Morgan fingerprint density at radius 2 is 2.14 bits per heavy atom. The molecule has 1 atom stereocenters. The monoisotopic (exact) mass is 312 g/mol. The standard InChI is InChI=1S/C12H16N4O4S/c1-9(6-7-13)15(3)21(19,20)12-5-4-10(14-2)8-11(12)16(17)18/h4-5,8-9,14H,6H2,1-3H3. The summed E-state index contributed by atoms with van der Waals surface area (Å²) in [5.74, 6) is 0. The van der Waals surface area contributed by atoms with Crippen LogP contribution in [0.2, 0.25) is 0 Å². The second-order valence-electron chi connectivity index (χ2n) is 4.42. The third-order valence-corrected chi connectivity index (χ3v) is 5.13. The molecule has 0 aliphatic rings. The van der Waals surface area contributed by atoms with E-state index in [9.17, 15) is 18.5 Å². The van der Waals surface area contributed by atoms with Gasteiger partial charge in [-0.3, -0.25) is 10.1 Å². The van der Waals surface area contributed by atoms with Gasteiger partial charge in [0.15, 0.2) is 4.90 Å². The second-order valence-corrected chi connectivity index (χ2v) is 6.39. The second kappa shape index (κ2) is 6.51. The molecule has 0 radical (unpaired) electrons. The van der Waals surface area contributed by atoms with E-state index in [1.54, 1.807) is 14.0 Å². The summed E-state index contributed by atoms with van der Waals surface area (Å²) >= 11 is 0. The van der Waals surface area contributed by atoms with Crippen LogP contribution >= 0.6 is 0 Å². The SMILES string of the molecule is CNc1ccc(S(=O)(=O)N(C)C(C)CC#N)c([N+](=O)[O-])c1. The lowest BCUT2D eigenvalue weighted by Gasteiger charge is -2.22. The minimum absolute atomic E-state index is 0.00186. The van der Waals surface area contributed by atoms with E-state index < -0.39 is 31.6 Å². The van der Waals surface area contributed by atoms with E-state index in [1.807, 2.05) is 6.07 Å². The molecule has 0 spiro atoms. The van der Waals surface area contributed by atoms with Crippen LogP contribution < -0.4 is 5.32 Å². The van der Waals surface area contributed by atoms with Crippen molar-refractivity contribution >= 4 is 21.4 Å². The molecule has 9 heteroatoms. The summed E-state index contributed by atoms with van der Waals surface area (Å²) in [7, 11) is -1.17. The summed E-state index contributed by atoms with van der Waals surface area (Å²) in [4.78, 5) is 9.97. The Kier molecular flexibility index (Phi) is 5.23. The zero-order valence-corrected chi connectivity index (χ0v) is 12.7. The van der Waals surface area contributed by atoms with Crippen LogP contribution in [0.15, 0.2) is 23.1 Å². The summed E-state index contributed by atoms with van der Waals surface area (Å²) < 4.78 is 25.9. The predicted molar refractivity (Wildman–Crippen MR) is 77.3 cm³/mol. The average molecular weight is 312 g/mol. The summed E-state index contributed by atoms with van der Waals surface area (Å²) in [6, 6.07) is 5.10. The molecular weight excluding hydrogens is 296 g/mol. The third-order valence-electron chi connectivity index (χ3n) is 3.11. The van der Waals surface area contributed by atoms with Gasteiger partial charge in [0, 0.05) is 31.9 Å². The minimum atomic E-state index is -4.05. The molecule has 0 aliphatic carbocycles. The van der Waals surface area contributed by atoms with Gasteiger partial charge in [-0.2, -0.15) is 9.57 Å². The molecule has 21 heavy (non-hydrogen) atoms. The summed E-state index contributed by atoms with van der Waals surface area (Å²) in [6.07, 6.45) is -0.00186. The number of anilines is 1. The Bertz CT molecular complexity index is 681. The van der Waals surface area contributed by atoms with Crippen molar-refractivity contribution in [2.24, 2.45) is 0 Å². The van der Waals surface area contributed by atoms with Crippen molar-refractivity contribution in [1.29, 1.82) is 5.26 Å². The highest BCUT2D eigenvalue weighted by Gasteiger charge is 2.32. The van der Waals surface area contributed by atoms with Crippen LogP contribution in [0.1, 0.15) is 13.3 Å². The van der Waals surface area contributed by atoms with Gasteiger partial charge in [-0.1, -0.05) is 0 Å². The number of nitrogens with zero attached hydrogens (tertiary/aromatic N) is 3. The molecule has 8 nitrogen and oxygen atoms in total. The molecule has 1 rings (SSSR count). The summed E-state index contributed by atoms with van der Waals surface area (Å²) in [5.41, 5.74) is -0.0637. The van der Waals surface area contributed by atoms with Gasteiger partial charge in [-0.25, -0.2) is 8.42 Å². The first kappa shape index (κ1) is 16.9. The van der Waals surface area contributed by atoms with Crippen LogP contribution in [0.5, 0.6) is 0 Å². The molecule has 0 saturated heterocycles. The molecule has 0 aromatic heterocycles. The molecule has 0 saturated carbocycles. The summed E-state index contributed by atoms with van der Waals surface area (Å²) in [5, 5.41) is 22.5. The Hall–Kier alpha value is -2.18. The van der Waals surface area contributed by atoms with Crippen LogP contribution in [0, 0.1) is 21.4 Å². The van der Waals surface area contributed by atoms with Crippen LogP contribution in [0.4, 0.5) is 11.4 Å². The number of nitro benzene ring substituents is 1. The van der Waals surface area contributed by atoms with Gasteiger partial charge >= 0.3 is 0 Å². The first-order valence-corrected chi connectivity index (χ1v) is 7.51. The molecule has 0 aliphatic heterocycles. The van der Waals surface area contributed by atoms with Gasteiger partial charge in [0.2, 0.25) is 10.0 Å². The van der Waals surface area contributed by atoms with E-state index in [2.05, 4.69) is 5.32 Å². The molecule has 0 heterocycles. The zero-order chi connectivity index (χ0) is 16.2. The Morgan fingerprint density at radius 1 is 1.52 bits per heavy atom. The number of sulfonamides is 1. The van der Waals surface area contributed by atoms with Crippen LogP contribution in [-0.4, -0.2) is 37.8 Å². The van der Waals surface area contributed by atoms with Crippen molar-refractivity contribution in [3.05, 3.63) is 28.3 Å². The van der Waals surface area contributed by atoms with E-state index in [0.717, 1.165) is 10.4 Å². The number of benzene rings is 1. The van der Waals surface area contributed by atoms with Gasteiger partial charge in [-0.05, 0) is 19.1 Å². The van der Waals surface area contributed by atoms with Gasteiger partial charge in [0.25, 0.3) is 5.69 Å². The van der Waals surface area contributed by atoms with Crippen molar-refractivity contribution in [2.75, 3.05) is 19.4 Å². The highest BCUT2D eigenvalue weighted by molar-refractivity contribution is 7.89. The van der Waals surface area contributed by atoms with Gasteiger partial charge < -0.3 is 5.32 Å². The Morgan fingerprint density at radius 3 is 2.62 bits per heavy atom. The summed E-state index contributed by atoms with van der Waals surface area (Å²) in [6.45, 7) is 1.56. The van der Waals surface area contributed by atoms with Gasteiger partial charge in [-0.15, -0.1) is 0 Å². The van der Waals surface area contributed by atoms with Crippen molar-refractivity contribution in [3.63, 3.8) is 0 Å². The molecule has 114 valence electrons. The van der Waals surface area contributed by atoms with Crippen molar-refractivity contribution in [2.45, 2.75) is 24.3 Å². The van der Waals surface area contributed by atoms with E-state index >= 15 is 0 Å². The maximum Gasteiger partial charge on any atom is 0.291 e. The van der Waals surface area contributed by atoms with Crippen molar-refractivity contribution in [3.8, 4) is 6.07 Å². The van der Waals surface area contributed by atoms with Gasteiger partial charge in [0.05, 0.1) is 17.4 Å². The molecule has 1 aromatic rings. The van der Waals surface area contributed by atoms with Crippen molar-refractivity contribution < 1.29 is 13.3 Å². The lowest BCUT2D eigenvalue weighted by molar-refractivity contribution is -0.387. The normalized spacial score (nSPS) is 12.7. The van der Waals surface area contributed by atoms with E-state index in [0.29, 0.717) is 5.69 Å². The zero-order valence-electron chi connectivity index (χ0n) is 11.9. The smallest absolute Gasteiger partial charge is 0.291 e. The highest BCUT2D eigenvalue weighted by Crippen LogP contribution is 2.30. The van der Waals surface area contributed by atoms with Crippen LogP contribution in [-0.2, 0) is 10.0 Å². The Balaban J connectivity index is 3.38. The number of hydrogen-bond acceptors (Lipinski definition) is 6. The molecule has 0 amide bonds. The highest BCUT2D eigenvalue weighted by atomic mass is 32.2. The lowest BCUT2D eigenvalue weighted by Crippen LogP contribution is -2.35. The topological polar surface area (TPSA) is 116 Å². The fourth-order valence-electron chi connectivity index (χ4n) is 1.69. The average Bonchev–Trinajstić information content (AvgIpc) is 2.45. The van der Waals surface area contributed by atoms with Crippen LogP contribution in [0.3, 0.4) is 0 Å². The van der Waals surface area contributed by atoms with E-state index in [1.165, 1.54) is 19.2 Å².